The Hall–Kier alpha value is -0.780. The summed E-state index contributed by atoms with van der Waals surface area (Å²) in [5.74, 6) is 0.631. The molecule has 16 heavy (non-hydrogen) atoms. The molecule has 1 aliphatic carbocycles. The third-order valence-electron chi connectivity index (χ3n) is 2.87. The molecule has 1 atom stereocenters. The van der Waals surface area contributed by atoms with Crippen molar-refractivity contribution in [3.8, 4) is 0 Å². The third kappa shape index (κ3) is 1.69. The standard InChI is InChI=1S/C10H8BrN3O.ClH/c11-10-13-9(6-3-7(15)4-6)8-5-12-1-2-14(8)10;/h1-2,5-6H,3-4H2;1H. The van der Waals surface area contributed by atoms with Gasteiger partial charge in [0.05, 0.1) is 12.4 Å². The normalized spacial score (nSPS) is 27.4. The van der Waals surface area contributed by atoms with Crippen LogP contribution in [0.3, 0.4) is 0 Å². The number of carbonyl (C=O) groups excluding carboxylic acids is 1. The maximum Gasteiger partial charge on any atom is 0.279 e. The molecule has 6 heteroatoms. The zero-order chi connectivity index (χ0) is 10.4. The highest BCUT2D eigenvalue weighted by molar-refractivity contribution is 9.18. The summed E-state index contributed by atoms with van der Waals surface area (Å²) in [6.45, 7) is 0. The van der Waals surface area contributed by atoms with Crippen molar-refractivity contribution in [2.75, 3.05) is 0 Å². The van der Waals surface area contributed by atoms with E-state index in [1.807, 2.05) is 12.4 Å². The average Bonchev–Trinajstić information content (AvgIpc) is 2.52. The van der Waals surface area contributed by atoms with E-state index in [2.05, 4.69) is 25.9 Å². The highest BCUT2D eigenvalue weighted by Gasteiger charge is 2.39. The molecule has 0 aromatic heterocycles. The maximum absolute atomic E-state index is 11.0. The Labute approximate surface area is 107 Å². The van der Waals surface area contributed by atoms with Crippen molar-refractivity contribution in [3.05, 3.63) is 23.8 Å². The molecule has 0 aromatic rings. The predicted molar refractivity (Wildman–Crippen MR) is 59.7 cm³/mol. The first-order valence-electron chi connectivity index (χ1n) is 4.83. The van der Waals surface area contributed by atoms with Crippen molar-refractivity contribution in [1.82, 2.24) is 0 Å². The molecular formula is C10H9BrClN3O. The fourth-order valence-electron chi connectivity index (χ4n) is 2.00. The van der Waals surface area contributed by atoms with Crippen molar-refractivity contribution < 1.29 is 22.1 Å². The van der Waals surface area contributed by atoms with Crippen LogP contribution in [0, 0.1) is 5.92 Å². The van der Waals surface area contributed by atoms with Crippen LogP contribution >= 0.6 is 15.9 Å². The van der Waals surface area contributed by atoms with E-state index in [0.29, 0.717) is 24.5 Å². The van der Waals surface area contributed by atoms with E-state index in [4.69, 9.17) is 0 Å². The highest BCUT2D eigenvalue weighted by atomic mass is 79.9. The van der Waals surface area contributed by atoms with Crippen molar-refractivity contribution in [2.24, 2.45) is 15.9 Å². The summed E-state index contributed by atoms with van der Waals surface area (Å²) in [5.41, 5.74) is 2.09. The van der Waals surface area contributed by atoms with Gasteiger partial charge in [0.2, 0.25) is 0 Å². The number of nitrogens with one attached hydrogen (secondary N) is 1. The number of rotatable bonds is 1. The predicted octanol–water partition coefficient (Wildman–Crippen LogP) is -2.61. The molecule has 3 aliphatic rings. The van der Waals surface area contributed by atoms with Crippen LogP contribution in [-0.2, 0) is 4.79 Å². The topological polar surface area (TPSA) is 46.2 Å². The summed E-state index contributed by atoms with van der Waals surface area (Å²) in [4.78, 5) is 20.6. The first kappa shape index (κ1) is 11.7. The molecule has 0 spiro atoms. The van der Waals surface area contributed by atoms with Gasteiger partial charge in [-0.25, -0.2) is 4.90 Å². The average molecular weight is 303 g/mol. The number of aliphatic imine (C=N–C) groups is 2. The van der Waals surface area contributed by atoms with Gasteiger partial charge in [0.15, 0.2) is 5.70 Å². The van der Waals surface area contributed by atoms with Crippen LogP contribution in [0.5, 0.6) is 0 Å². The summed E-state index contributed by atoms with van der Waals surface area (Å²) in [7, 11) is 0. The molecule has 2 heterocycles. The third-order valence-corrected chi connectivity index (χ3v) is 3.48. The number of carbonyl (C=O) groups is 1. The number of hydrogen-bond acceptors (Lipinski definition) is 3. The minimum atomic E-state index is 0. The lowest BCUT2D eigenvalue weighted by molar-refractivity contribution is -0.685. The molecule has 0 amide bonds. The number of quaternary nitrogens is 1. The van der Waals surface area contributed by atoms with Crippen LogP contribution in [0.1, 0.15) is 12.8 Å². The fraction of sp³-hybridized carbons (Fsp3) is 0.300. The number of hydrogen-bond donors (Lipinski definition) is 1. The van der Waals surface area contributed by atoms with E-state index >= 15 is 0 Å². The van der Waals surface area contributed by atoms with Crippen molar-refractivity contribution in [3.63, 3.8) is 0 Å². The van der Waals surface area contributed by atoms with Gasteiger partial charge in [-0.2, -0.15) is 4.99 Å². The van der Waals surface area contributed by atoms with Crippen LogP contribution in [-0.4, -0.2) is 16.7 Å². The van der Waals surface area contributed by atoms with E-state index in [0.717, 1.165) is 21.0 Å². The minimum absolute atomic E-state index is 0. The quantitative estimate of drug-likeness (QED) is 0.530. The summed E-state index contributed by atoms with van der Waals surface area (Å²) < 4.78 is 0.856. The molecule has 1 unspecified atom stereocenters. The van der Waals surface area contributed by atoms with E-state index in [1.54, 1.807) is 6.20 Å². The molecule has 4 nitrogen and oxygen atoms in total. The van der Waals surface area contributed by atoms with Gasteiger partial charge in [0.1, 0.15) is 17.7 Å². The van der Waals surface area contributed by atoms with E-state index in [1.165, 1.54) is 0 Å². The number of allylic oxidation sites excluding steroid dienone is 2. The first-order chi connectivity index (χ1) is 7.25. The second kappa shape index (κ2) is 4.24. The van der Waals surface area contributed by atoms with Crippen molar-refractivity contribution in [1.29, 1.82) is 0 Å². The molecular weight excluding hydrogens is 293 g/mol. The van der Waals surface area contributed by atoms with E-state index in [-0.39, 0.29) is 12.4 Å². The van der Waals surface area contributed by atoms with Gasteiger partial charge in [-0.15, -0.1) is 0 Å². The van der Waals surface area contributed by atoms with Gasteiger partial charge in [-0.1, -0.05) is 0 Å². The summed E-state index contributed by atoms with van der Waals surface area (Å²) in [6.07, 6.45) is 6.78. The molecule has 0 aromatic carbocycles. The van der Waals surface area contributed by atoms with Crippen LogP contribution < -0.4 is 17.3 Å². The van der Waals surface area contributed by atoms with Gasteiger partial charge >= 0.3 is 0 Å². The van der Waals surface area contributed by atoms with Gasteiger partial charge in [-0.3, -0.25) is 9.79 Å². The smallest absolute Gasteiger partial charge is 0.279 e. The zero-order valence-electron chi connectivity index (χ0n) is 8.28. The van der Waals surface area contributed by atoms with Crippen LogP contribution in [0.4, 0.5) is 0 Å². The Morgan fingerprint density at radius 3 is 2.88 bits per heavy atom. The minimum Gasteiger partial charge on any atom is -1.00 e. The first-order valence-corrected chi connectivity index (χ1v) is 5.62. The van der Waals surface area contributed by atoms with Gasteiger partial charge in [0.25, 0.3) is 4.74 Å². The highest BCUT2D eigenvalue weighted by Crippen LogP contribution is 2.33. The summed E-state index contributed by atoms with van der Waals surface area (Å²) >= 11 is 3.43. The molecule has 1 N–H and O–H groups in total. The molecule has 0 radical (unpaired) electrons. The second-order valence-electron chi connectivity index (χ2n) is 3.85. The lowest BCUT2D eigenvalue weighted by atomic mass is 9.81. The summed E-state index contributed by atoms with van der Waals surface area (Å²) in [6, 6.07) is 0. The molecule has 0 saturated heterocycles. The van der Waals surface area contributed by atoms with E-state index in [9.17, 15) is 4.79 Å². The van der Waals surface area contributed by atoms with Crippen molar-refractivity contribution in [2.45, 2.75) is 12.8 Å². The monoisotopic (exact) mass is 301 g/mol. The largest absolute Gasteiger partial charge is 1.00 e. The molecule has 1 fully saturated rings. The van der Waals surface area contributed by atoms with Gasteiger partial charge < -0.3 is 12.4 Å². The Morgan fingerprint density at radius 1 is 1.44 bits per heavy atom. The number of halogens is 2. The van der Waals surface area contributed by atoms with Gasteiger partial charge in [0, 0.05) is 34.7 Å². The van der Waals surface area contributed by atoms with Crippen LogP contribution in [0.15, 0.2) is 33.8 Å². The van der Waals surface area contributed by atoms with Gasteiger partial charge in [-0.05, 0) is 0 Å². The lowest BCUT2D eigenvalue weighted by Crippen LogP contribution is -3.07. The molecule has 84 valence electrons. The zero-order valence-corrected chi connectivity index (χ0v) is 10.6. The Kier molecular flexibility index (Phi) is 3.10. The fourth-order valence-corrected chi connectivity index (χ4v) is 2.54. The number of Topliss-reactive ketones (excluding diaryl/α,β-unsaturated/α-hetero) is 1. The Bertz CT molecular complexity index is 459. The van der Waals surface area contributed by atoms with E-state index < -0.39 is 0 Å². The number of ketones is 1. The molecule has 1 saturated carbocycles. The number of amidine groups is 1. The van der Waals surface area contributed by atoms with Crippen LogP contribution in [0.2, 0.25) is 0 Å². The Balaban J connectivity index is 0.000000963. The molecule has 3 rings (SSSR count). The maximum atomic E-state index is 11.0. The SMILES string of the molecule is O=C1CC(C2=C3C=NC=C[NH+]3C(Br)=N2)C1.[Cl-]. The van der Waals surface area contributed by atoms with Crippen LogP contribution in [0.25, 0.3) is 0 Å². The van der Waals surface area contributed by atoms with Crippen molar-refractivity contribution >= 4 is 32.7 Å². The summed E-state index contributed by atoms with van der Waals surface area (Å²) in [5, 5.41) is 0. The molecule has 2 aliphatic heterocycles. The number of fused-ring (bicyclic) bond motifs is 1. The number of nitrogens with zero attached hydrogens (tertiary/aromatic N) is 2. The molecule has 0 bridgehead atoms. The lowest BCUT2D eigenvalue weighted by Gasteiger charge is -2.23. The Morgan fingerprint density at radius 2 is 2.19 bits per heavy atom. The second-order valence-corrected chi connectivity index (χ2v) is 4.60.